The van der Waals surface area contributed by atoms with Gasteiger partial charge in [-0.25, -0.2) is 27.8 Å². The fraction of sp³-hybridized carbons (Fsp3) is 0.100. The summed E-state index contributed by atoms with van der Waals surface area (Å²) in [5, 5.41) is 7.97. The Kier molecular flexibility index (Phi) is 4.38. The summed E-state index contributed by atoms with van der Waals surface area (Å²) in [6.45, 7) is 3.59. The first-order chi connectivity index (χ1) is 13.4. The zero-order valence-corrected chi connectivity index (χ0v) is 15.0. The van der Waals surface area contributed by atoms with Crippen molar-refractivity contribution in [1.82, 2.24) is 25.0 Å². The van der Waals surface area contributed by atoms with Crippen molar-refractivity contribution in [3.63, 3.8) is 0 Å². The van der Waals surface area contributed by atoms with E-state index in [0.29, 0.717) is 22.8 Å². The third-order valence-corrected chi connectivity index (χ3v) is 4.30. The van der Waals surface area contributed by atoms with Gasteiger partial charge in [-0.15, -0.1) is 5.10 Å². The Hall–Kier alpha value is -3.55. The van der Waals surface area contributed by atoms with Gasteiger partial charge >= 0.3 is 0 Å². The first-order valence-electron chi connectivity index (χ1n) is 8.41. The Labute approximate surface area is 158 Å². The summed E-state index contributed by atoms with van der Waals surface area (Å²) in [4.78, 5) is 8.41. The number of aromatic nitrogens is 5. The van der Waals surface area contributed by atoms with E-state index in [9.17, 15) is 13.2 Å². The van der Waals surface area contributed by atoms with Crippen molar-refractivity contribution in [3.05, 3.63) is 77.8 Å². The molecule has 2 aromatic carbocycles. The second-order valence-corrected chi connectivity index (χ2v) is 6.23. The van der Waals surface area contributed by atoms with Gasteiger partial charge in [-0.1, -0.05) is 23.4 Å². The SMILES string of the molecule is Cc1ncc(-c2cn(-c3cc(F)c(-c4ccccc4F)c(F)c3)nn2)c(C)n1. The number of aryl methyl sites for hydroxylation is 2. The van der Waals surface area contributed by atoms with Crippen LogP contribution in [0.3, 0.4) is 0 Å². The molecular formula is C20H14F3N5. The second-order valence-electron chi connectivity index (χ2n) is 6.23. The fourth-order valence-corrected chi connectivity index (χ4v) is 2.96. The summed E-state index contributed by atoms with van der Waals surface area (Å²) < 4.78 is 44.4. The first kappa shape index (κ1) is 17.8. The van der Waals surface area contributed by atoms with Crippen LogP contribution in [0.4, 0.5) is 13.2 Å². The van der Waals surface area contributed by atoms with Crippen LogP contribution in [0.15, 0.2) is 48.8 Å². The lowest BCUT2D eigenvalue weighted by atomic mass is 10.0. The Morgan fingerprint density at radius 3 is 2.29 bits per heavy atom. The topological polar surface area (TPSA) is 56.5 Å². The maximum absolute atomic E-state index is 14.6. The lowest BCUT2D eigenvalue weighted by molar-refractivity contribution is 0.578. The molecule has 5 nitrogen and oxygen atoms in total. The molecule has 0 amide bonds. The van der Waals surface area contributed by atoms with E-state index in [1.807, 2.05) is 6.92 Å². The summed E-state index contributed by atoms with van der Waals surface area (Å²) in [5.41, 5.74) is 1.41. The van der Waals surface area contributed by atoms with Crippen LogP contribution in [0, 0.1) is 31.3 Å². The van der Waals surface area contributed by atoms with Crippen molar-refractivity contribution in [2.45, 2.75) is 13.8 Å². The normalized spacial score (nSPS) is 11.0. The van der Waals surface area contributed by atoms with Crippen molar-refractivity contribution < 1.29 is 13.2 Å². The molecule has 0 unspecified atom stereocenters. The minimum atomic E-state index is -0.896. The van der Waals surface area contributed by atoms with E-state index in [1.54, 1.807) is 13.1 Å². The second kappa shape index (κ2) is 6.88. The highest BCUT2D eigenvalue weighted by atomic mass is 19.1. The van der Waals surface area contributed by atoms with Gasteiger partial charge in [0.2, 0.25) is 0 Å². The number of nitrogens with zero attached hydrogens (tertiary/aromatic N) is 5. The average Bonchev–Trinajstić information content (AvgIpc) is 3.12. The highest BCUT2D eigenvalue weighted by Crippen LogP contribution is 2.30. The molecule has 0 atom stereocenters. The summed E-state index contributed by atoms with van der Waals surface area (Å²) in [7, 11) is 0. The maximum Gasteiger partial charge on any atom is 0.136 e. The minimum Gasteiger partial charge on any atom is -0.241 e. The Morgan fingerprint density at radius 1 is 0.893 bits per heavy atom. The molecule has 0 aliphatic heterocycles. The zero-order chi connectivity index (χ0) is 19.8. The van der Waals surface area contributed by atoms with Gasteiger partial charge in [0, 0.05) is 29.5 Å². The van der Waals surface area contributed by atoms with Gasteiger partial charge in [0.1, 0.15) is 29.0 Å². The lowest BCUT2D eigenvalue weighted by Gasteiger charge is -2.09. The predicted octanol–water partition coefficient (Wildman–Crippen LogP) is 4.43. The molecule has 0 fully saturated rings. The van der Waals surface area contributed by atoms with Crippen LogP contribution in [-0.4, -0.2) is 25.0 Å². The van der Waals surface area contributed by atoms with Crippen molar-refractivity contribution in [2.75, 3.05) is 0 Å². The van der Waals surface area contributed by atoms with E-state index >= 15 is 0 Å². The van der Waals surface area contributed by atoms with Crippen LogP contribution < -0.4 is 0 Å². The molecule has 2 aromatic heterocycles. The molecule has 0 N–H and O–H groups in total. The van der Waals surface area contributed by atoms with E-state index in [2.05, 4.69) is 20.3 Å². The summed E-state index contributed by atoms with van der Waals surface area (Å²) in [6, 6.07) is 7.61. The molecular weight excluding hydrogens is 367 g/mol. The largest absolute Gasteiger partial charge is 0.241 e. The van der Waals surface area contributed by atoms with E-state index in [0.717, 1.165) is 18.2 Å². The van der Waals surface area contributed by atoms with Gasteiger partial charge < -0.3 is 0 Å². The van der Waals surface area contributed by atoms with Gasteiger partial charge in [0.05, 0.1) is 23.1 Å². The molecule has 0 bridgehead atoms. The van der Waals surface area contributed by atoms with Crippen LogP contribution in [0.1, 0.15) is 11.5 Å². The van der Waals surface area contributed by atoms with Gasteiger partial charge in [0.15, 0.2) is 0 Å². The standard InChI is InChI=1S/C20H14F3N5/c1-11-15(9-24-12(2)25-11)19-10-28(27-26-19)13-7-17(22)20(18(23)8-13)14-5-3-4-6-16(14)21/h3-10H,1-2H3. The molecule has 0 aliphatic rings. The Bertz CT molecular complexity index is 1160. The van der Waals surface area contributed by atoms with Gasteiger partial charge in [-0.3, -0.25) is 0 Å². The third-order valence-electron chi connectivity index (χ3n) is 4.30. The summed E-state index contributed by atoms with van der Waals surface area (Å²) in [6.07, 6.45) is 3.15. The smallest absolute Gasteiger partial charge is 0.136 e. The van der Waals surface area contributed by atoms with Crippen LogP contribution in [-0.2, 0) is 0 Å². The highest BCUT2D eigenvalue weighted by Gasteiger charge is 2.18. The molecule has 0 saturated heterocycles. The highest BCUT2D eigenvalue weighted by molar-refractivity contribution is 5.67. The molecule has 0 aliphatic carbocycles. The molecule has 0 saturated carbocycles. The van der Waals surface area contributed by atoms with Crippen molar-refractivity contribution in [3.8, 4) is 28.1 Å². The first-order valence-corrected chi connectivity index (χ1v) is 8.41. The number of hydrogen-bond donors (Lipinski definition) is 0. The zero-order valence-electron chi connectivity index (χ0n) is 15.0. The molecule has 4 aromatic rings. The lowest BCUT2D eigenvalue weighted by Crippen LogP contribution is -2.00. The number of rotatable bonds is 3. The van der Waals surface area contributed by atoms with Gasteiger partial charge in [0.25, 0.3) is 0 Å². The van der Waals surface area contributed by atoms with Crippen LogP contribution in [0.25, 0.3) is 28.1 Å². The van der Waals surface area contributed by atoms with Crippen molar-refractivity contribution in [1.29, 1.82) is 0 Å². The van der Waals surface area contributed by atoms with E-state index in [1.165, 1.54) is 29.1 Å². The van der Waals surface area contributed by atoms with Gasteiger partial charge in [-0.05, 0) is 19.9 Å². The fourth-order valence-electron chi connectivity index (χ4n) is 2.96. The van der Waals surface area contributed by atoms with Crippen molar-refractivity contribution in [2.24, 2.45) is 0 Å². The van der Waals surface area contributed by atoms with E-state index < -0.39 is 23.0 Å². The minimum absolute atomic E-state index is 0.125. The number of hydrogen-bond acceptors (Lipinski definition) is 4. The monoisotopic (exact) mass is 381 g/mol. The molecule has 0 spiro atoms. The quantitative estimate of drug-likeness (QED) is 0.527. The Balaban J connectivity index is 1.75. The molecule has 8 heteroatoms. The molecule has 4 rings (SSSR count). The van der Waals surface area contributed by atoms with Crippen LogP contribution in [0.2, 0.25) is 0 Å². The predicted molar refractivity (Wildman–Crippen MR) is 97.2 cm³/mol. The molecule has 28 heavy (non-hydrogen) atoms. The molecule has 140 valence electrons. The van der Waals surface area contributed by atoms with E-state index in [-0.39, 0.29) is 11.3 Å². The average molecular weight is 381 g/mol. The van der Waals surface area contributed by atoms with Crippen molar-refractivity contribution >= 4 is 0 Å². The Morgan fingerprint density at radius 2 is 1.61 bits per heavy atom. The van der Waals surface area contributed by atoms with Gasteiger partial charge in [-0.2, -0.15) is 0 Å². The third kappa shape index (κ3) is 3.13. The molecule has 2 heterocycles. The van der Waals surface area contributed by atoms with Crippen LogP contribution in [0.5, 0.6) is 0 Å². The molecule has 0 radical (unpaired) electrons. The summed E-state index contributed by atoms with van der Waals surface area (Å²) in [5.74, 6) is -1.87. The number of benzene rings is 2. The summed E-state index contributed by atoms with van der Waals surface area (Å²) >= 11 is 0. The number of halogens is 3. The maximum atomic E-state index is 14.6. The van der Waals surface area contributed by atoms with E-state index in [4.69, 9.17) is 0 Å². The van der Waals surface area contributed by atoms with Crippen LogP contribution >= 0.6 is 0 Å².